The number of halogens is 2. The Balaban J connectivity index is 2.42. The maximum absolute atomic E-state index is 12.7. The minimum Gasteiger partial charge on any atom is -0.316 e. The molecule has 112 valence electrons. The van der Waals surface area contributed by atoms with E-state index < -0.39 is 10.0 Å². The summed E-state index contributed by atoms with van der Waals surface area (Å²) in [7, 11) is -1.75. The van der Waals surface area contributed by atoms with E-state index in [4.69, 9.17) is 23.2 Å². The molecule has 0 spiro atoms. The SMILES string of the molecule is CNCc1cc(S(=O)(=O)N2CCCCC2)c(Cl)cc1Cl. The van der Waals surface area contributed by atoms with E-state index >= 15 is 0 Å². The van der Waals surface area contributed by atoms with Crippen molar-refractivity contribution in [1.82, 2.24) is 9.62 Å². The van der Waals surface area contributed by atoms with Gasteiger partial charge in [0.2, 0.25) is 10.0 Å². The molecule has 1 saturated heterocycles. The monoisotopic (exact) mass is 336 g/mol. The molecule has 1 aliphatic heterocycles. The maximum Gasteiger partial charge on any atom is 0.244 e. The summed E-state index contributed by atoms with van der Waals surface area (Å²) in [5, 5.41) is 3.62. The Morgan fingerprint density at radius 1 is 1.15 bits per heavy atom. The fraction of sp³-hybridized carbons (Fsp3) is 0.538. The largest absolute Gasteiger partial charge is 0.316 e. The number of sulfonamides is 1. The van der Waals surface area contributed by atoms with Gasteiger partial charge in [0.15, 0.2) is 0 Å². The van der Waals surface area contributed by atoms with Crippen LogP contribution in [0.15, 0.2) is 17.0 Å². The average molecular weight is 337 g/mol. The second kappa shape index (κ2) is 6.62. The highest BCUT2D eigenvalue weighted by molar-refractivity contribution is 7.89. The van der Waals surface area contributed by atoms with Gasteiger partial charge >= 0.3 is 0 Å². The fourth-order valence-electron chi connectivity index (χ4n) is 2.34. The lowest BCUT2D eigenvalue weighted by Gasteiger charge is -2.26. The van der Waals surface area contributed by atoms with Crippen molar-refractivity contribution < 1.29 is 8.42 Å². The van der Waals surface area contributed by atoms with Gasteiger partial charge in [0.1, 0.15) is 4.90 Å². The molecule has 1 heterocycles. The van der Waals surface area contributed by atoms with E-state index in [2.05, 4.69) is 5.32 Å². The summed E-state index contributed by atoms with van der Waals surface area (Å²) in [6.07, 6.45) is 2.87. The lowest BCUT2D eigenvalue weighted by molar-refractivity contribution is 0.346. The van der Waals surface area contributed by atoms with Crippen molar-refractivity contribution in [2.24, 2.45) is 0 Å². The molecule has 0 radical (unpaired) electrons. The van der Waals surface area contributed by atoms with Crippen LogP contribution in [0.25, 0.3) is 0 Å². The second-order valence-electron chi connectivity index (χ2n) is 4.87. The number of hydrogen-bond donors (Lipinski definition) is 1. The number of hydrogen-bond acceptors (Lipinski definition) is 3. The standard InChI is InChI=1S/C13H18Cl2N2O2S/c1-16-9-10-7-13(12(15)8-11(10)14)20(18,19)17-5-3-2-4-6-17/h7-8,16H,2-6,9H2,1H3. The number of piperidine rings is 1. The Bertz CT molecular complexity index is 584. The third-order valence-electron chi connectivity index (χ3n) is 3.40. The number of rotatable bonds is 4. The van der Waals surface area contributed by atoms with Crippen LogP contribution in [0.1, 0.15) is 24.8 Å². The van der Waals surface area contributed by atoms with Gasteiger partial charge in [0.25, 0.3) is 0 Å². The molecule has 4 nitrogen and oxygen atoms in total. The first-order valence-electron chi connectivity index (χ1n) is 6.59. The van der Waals surface area contributed by atoms with Crippen LogP contribution in [0.2, 0.25) is 10.0 Å². The average Bonchev–Trinajstić information content (AvgIpc) is 2.42. The second-order valence-corrected chi connectivity index (χ2v) is 7.59. The molecule has 20 heavy (non-hydrogen) atoms. The van der Waals surface area contributed by atoms with Crippen molar-refractivity contribution in [3.8, 4) is 0 Å². The van der Waals surface area contributed by atoms with Crippen molar-refractivity contribution in [2.45, 2.75) is 30.7 Å². The highest BCUT2D eigenvalue weighted by atomic mass is 35.5. The van der Waals surface area contributed by atoms with Crippen LogP contribution in [0.5, 0.6) is 0 Å². The molecular weight excluding hydrogens is 319 g/mol. The molecule has 0 atom stereocenters. The van der Waals surface area contributed by atoms with Crippen LogP contribution >= 0.6 is 23.2 Å². The predicted octanol–water partition coefficient (Wildman–Crippen LogP) is 2.89. The molecule has 0 amide bonds. The molecule has 2 rings (SSSR count). The zero-order valence-electron chi connectivity index (χ0n) is 11.3. The fourth-order valence-corrected chi connectivity index (χ4v) is 4.70. The maximum atomic E-state index is 12.7. The van der Waals surface area contributed by atoms with Gasteiger partial charge in [-0.15, -0.1) is 0 Å². The number of benzene rings is 1. The van der Waals surface area contributed by atoms with Crippen molar-refractivity contribution in [3.63, 3.8) is 0 Å². The zero-order valence-corrected chi connectivity index (χ0v) is 13.7. The molecule has 7 heteroatoms. The van der Waals surface area contributed by atoms with Gasteiger partial charge in [0, 0.05) is 24.7 Å². The first-order chi connectivity index (χ1) is 9.46. The zero-order chi connectivity index (χ0) is 14.8. The van der Waals surface area contributed by atoms with Crippen LogP contribution in [0.3, 0.4) is 0 Å². The minimum absolute atomic E-state index is 0.149. The predicted molar refractivity (Wildman–Crippen MR) is 81.8 cm³/mol. The van der Waals surface area contributed by atoms with Crippen molar-refractivity contribution in [1.29, 1.82) is 0 Å². The Morgan fingerprint density at radius 2 is 1.80 bits per heavy atom. The third-order valence-corrected chi connectivity index (χ3v) is 6.12. The molecule has 1 aromatic rings. The first-order valence-corrected chi connectivity index (χ1v) is 8.79. The summed E-state index contributed by atoms with van der Waals surface area (Å²) >= 11 is 12.2. The van der Waals surface area contributed by atoms with Crippen LogP contribution in [0, 0.1) is 0 Å². The van der Waals surface area contributed by atoms with Crippen molar-refractivity contribution >= 4 is 33.2 Å². The molecule has 0 unspecified atom stereocenters. The Hall–Kier alpha value is -0.330. The van der Waals surface area contributed by atoms with Gasteiger partial charge in [-0.3, -0.25) is 0 Å². The van der Waals surface area contributed by atoms with E-state index in [1.165, 1.54) is 10.4 Å². The molecule has 1 aromatic carbocycles. The summed E-state index contributed by atoms with van der Waals surface area (Å²) in [6, 6.07) is 3.08. The molecule has 0 aliphatic carbocycles. The Morgan fingerprint density at radius 3 is 2.40 bits per heavy atom. The van der Waals surface area contributed by atoms with Crippen LogP contribution in [-0.4, -0.2) is 32.9 Å². The molecule has 1 aliphatic rings. The van der Waals surface area contributed by atoms with Gasteiger partial charge < -0.3 is 5.32 Å². The number of nitrogens with one attached hydrogen (secondary N) is 1. The highest BCUT2D eigenvalue weighted by Gasteiger charge is 2.28. The van der Waals surface area contributed by atoms with Gasteiger partial charge in [0.05, 0.1) is 5.02 Å². The van der Waals surface area contributed by atoms with Crippen molar-refractivity contribution in [2.75, 3.05) is 20.1 Å². The summed E-state index contributed by atoms with van der Waals surface area (Å²) < 4.78 is 26.8. The molecule has 0 aromatic heterocycles. The summed E-state index contributed by atoms with van der Waals surface area (Å²) in [5.41, 5.74) is 0.731. The van der Waals surface area contributed by atoms with Crippen molar-refractivity contribution in [3.05, 3.63) is 27.7 Å². The minimum atomic E-state index is -3.54. The van der Waals surface area contributed by atoms with Crippen LogP contribution in [0.4, 0.5) is 0 Å². The Labute approximate surface area is 130 Å². The van der Waals surface area contributed by atoms with E-state index in [0.717, 1.165) is 24.8 Å². The van der Waals surface area contributed by atoms with E-state index in [1.54, 1.807) is 13.1 Å². The molecule has 1 N–H and O–H groups in total. The van der Waals surface area contributed by atoms with E-state index in [9.17, 15) is 8.42 Å². The van der Waals surface area contributed by atoms with E-state index in [-0.39, 0.29) is 9.92 Å². The molecule has 1 fully saturated rings. The lowest BCUT2D eigenvalue weighted by atomic mass is 10.2. The van der Waals surface area contributed by atoms with Gasteiger partial charge in [-0.1, -0.05) is 29.6 Å². The quantitative estimate of drug-likeness (QED) is 0.919. The van der Waals surface area contributed by atoms with Crippen LogP contribution in [-0.2, 0) is 16.6 Å². The van der Waals surface area contributed by atoms with Gasteiger partial charge in [-0.2, -0.15) is 4.31 Å². The first kappa shape index (κ1) is 16.0. The van der Waals surface area contributed by atoms with E-state index in [0.29, 0.717) is 24.7 Å². The highest BCUT2D eigenvalue weighted by Crippen LogP contribution is 2.31. The summed E-state index contributed by atoms with van der Waals surface area (Å²) in [5.74, 6) is 0. The summed E-state index contributed by atoms with van der Waals surface area (Å²) in [4.78, 5) is 0.149. The molecular formula is C13H18Cl2N2O2S. The van der Waals surface area contributed by atoms with Gasteiger partial charge in [-0.25, -0.2) is 8.42 Å². The third kappa shape index (κ3) is 3.28. The normalized spacial score (nSPS) is 17.4. The van der Waals surface area contributed by atoms with Crippen LogP contribution < -0.4 is 5.32 Å². The summed E-state index contributed by atoms with van der Waals surface area (Å²) in [6.45, 7) is 1.61. The topological polar surface area (TPSA) is 49.4 Å². The number of nitrogens with zero attached hydrogens (tertiary/aromatic N) is 1. The smallest absolute Gasteiger partial charge is 0.244 e. The van der Waals surface area contributed by atoms with Gasteiger partial charge in [-0.05, 0) is 37.6 Å². The molecule has 0 bridgehead atoms. The van der Waals surface area contributed by atoms with E-state index in [1.807, 2.05) is 0 Å². The Kier molecular flexibility index (Phi) is 5.31. The lowest BCUT2D eigenvalue weighted by Crippen LogP contribution is -2.35. The molecule has 0 saturated carbocycles.